The molecule has 1 aromatic heterocycles. The zero-order valence-corrected chi connectivity index (χ0v) is 10.7. The van der Waals surface area contributed by atoms with E-state index in [1.807, 2.05) is 7.05 Å². The Balaban J connectivity index is 2.18. The molecule has 4 heteroatoms. The average Bonchev–Trinajstić information content (AvgIpc) is 2.84. The lowest BCUT2D eigenvalue weighted by molar-refractivity contribution is 0.199. The number of hydrogen-bond donors (Lipinski definition) is 1. The Labute approximate surface area is 103 Å². The maximum absolute atomic E-state index is 6.01. The third-order valence-corrected chi connectivity index (χ3v) is 3.22. The van der Waals surface area contributed by atoms with Crippen molar-refractivity contribution >= 4 is 5.82 Å². The second kappa shape index (κ2) is 5.84. The highest BCUT2D eigenvalue weighted by Crippen LogP contribution is 2.28. The van der Waals surface area contributed by atoms with E-state index >= 15 is 0 Å². The molecule has 1 fully saturated rings. The number of ether oxygens (including phenoxy) is 1. The Kier molecular flexibility index (Phi) is 4.18. The summed E-state index contributed by atoms with van der Waals surface area (Å²) in [4.78, 5) is 8.54. The van der Waals surface area contributed by atoms with E-state index in [-0.39, 0.29) is 0 Å². The van der Waals surface area contributed by atoms with E-state index in [9.17, 15) is 0 Å². The molecule has 0 aliphatic heterocycles. The fourth-order valence-corrected chi connectivity index (χ4v) is 2.35. The van der Waals surface area contributed by atoms with Gasteiger partial charge in [0.1, 0.15) is 18.2 Å². The first kappa shape index (κ1) is 12.1. The molecule has 1 heterocycles. The van der Waals surface area contributed by atoms with Crippen LogP contribution in [0.5, 0.6) is 5.88 Å². The monoisotopic (exact) mass is 235 g/mol. The summed E-state index contributed by atoms with van der Waals surface area (Å²) < 4.78 is 6.01. The average molecular weight is 235 g/mol. The predicted molar refractivity (Wildman–Crippen MR) is 68.5 cm³/mol. The van der Waals surface area contributed by atoms with E-state index in [4.69, 9.17) is 4.74 Å². The number of anilines is 1. The highest BCUT2D eigenvalue weighted by atomic mass is 16.5. The SMILES string of the molecule is CCCc1c(NC)ncnc1OC1CCCC1. The van der Waals surface area contributed by atoms with E-state index in [0.717, 1.165) is 42.9 Å². The fourth-order valence-electron chi connectivity index (χ4n) is 2.35. The summed E-state index contributed by atoms with van der Waals surface area (Å²) in [6.45, 7) is 2.16. The van der Waals surface area contributed by atoms with Crippen molar-refractivity contribution in [2.45, 2.75) is 51.6 Å². The highest BCUT2D eigenvalue weighted by molar-refractivity contribution is 5.48. The van der Waals surface area contributed by atoms with Gasteiger partial charge in [-0.3, -0.25) is 0 Å². The summed E-state index contributed by atoms with van der Waals surface area (Å²) in [5.74, 6) is 1.67. The van der Waals surface area contributed by atoms with Crippen molar-refractivity contribution in [1.29, 1.82) is 0 Å². The van der Waals surface area contributed by atoms with Crippen LogP contribution in [-0.4, -0.2) is 23.1 Å². The van der Waals surface area contributed by atoms with Gasteiger partial charge >= 0.3 is 0 Å². The summed E-state index contributed by atoms with van der Waals surface area (Å²) >= 11 is 0. The molecular weight excluding hydrogens is 214 g/mol. The lowest BCUT2D eigenvalue weighted by Crippen LogP contribution is -2.14. The van der Waals surface area contributed by atoms with Crippen LogP contribution >= 0.6 is 0 Å². The smallest absolute Gasteiger partial charge is 0.222 e. The van der Waals surface area contributed by atoms with Crippen molar-refractivity contribution in [2.24, 2.45) is 0 Å². The van der Waals surface area contributed by atoms with Crippen molar-refractivity contribution in [3.8, 4) is 5.88 Å². The Morgan fingerprint density at radius 3 is 2.76 bits per heavy atom. The maximum Gasteiger partial charge on any atom is 0.222 e. The molecule has 4 nitrogen and oxygen atoms in total. The minimum atomic E-state index is 0.352. The van der Waals surface area contributed by atoms with Gasteiger partial charge in [0.15, 0.2) is 0 Å². The van der Waals surface area contributed by atoms with Crippen LogP contribution in [0.2, 0.25) is 0 Å². The summed E-state index contributed by atoms with van der Waals surface area (Å²) in [5.41, 5.74) is 1.12. The predicted octanol–water partition coefficient (Wildman–Crippen LogP) is 2.79. The quantitative estimate of drug-likeness (QED) is 0.852. The van der Waals surface area contributed by atoms with Gasteiger partial charge in [0.05, 0.1) is 5.56 Å². The molecule has 1 aliphatic carbocycles. The van der Waals surface area contributed by atoms with Crippen LogP contribution in [0.3, 0.4) is 0 Å². The van der Waals surface area contributed by atoms with Gasteiger partial charge in [-0.1, -0.05) is 13.3 Å². The topological polar surface area (TPSA) is 47.0 Å². The third kappa shape index (κ3) is 2.87. The third-order valence-electron chi connectivity index (χ3n) is 3.22. The van der Waals surface area contributed by atoms with Crippen molar-refractivity contribution in [3.05, 3.63) is 11.9 Å². The number of rotatable bonds is 5. The van der Waals surface area contributed by atoms with Crippen LogP contribution < -0.4 is 10.1 Å². The summed E-state index contributed by atoms with van der Waals surface area (Å²) in [6.07, 6.45) is 8.83. The Hall–Kier alpha value is -1.32. The first-order chi connectivity index (χ1) is 8.35. The molecule has 1 aromatic rings. The van der Waals surface area contributed by atoms with Gasteiger partial charge in [0.25, 0.3) is 0 Å². The van der Waals surface area contributed by atoms with E-state index in [0.29, 0.717) is 6.10 Å². The summed E-state index contributed by atoms with van der Waals surface area (Å²) in [7, 11) is 1.89. The zero-order valence-electron chi connectivity index (χ0n) is 10.7. The van der Waals surface area contributed by atoms with E-state index < -0.39 is 0 Å². The van der Waals surface area contributed by atoms with Crippen LogP contribution in [0.4, 0.5) is 5.82 Å². The molecule has 17 heavy (non-hydrogen) atoms. The molecule has 0 bridgehead atoms. The molecule has 0 radical (unpaired) electrons. The molecule has 0 aromatic carbocycles. The minimum Gasteiger partial charge on any atom is -0.474 e. The van der Waals surface area contributed by atoms with Crippen molar-refractivity contribution in [1.82, 2.24) is 9.97 Å². The number of aromatic nitrogens is 2. The summed E-state index contributed by atoms with van der Waals surface area (Å²) in [5, 5.41) is 3.11. The molecule has 0 spiro atoms. The van der Waals surface area contributed by atoms with Crippen LogP contribution in [0.25, 0.3) is 0 Å². The van der Waals surface area contributed by atoms with Crippen molar-refractivity contribution in [2.75, 3.05) is 12.4 Å². The lowest BCUT2D eigenvalue weighted by atomic mass is 10.1. The molecular formula is C13H21N3O. The van der Waals surface area contributed by atoms with Crippen LogP contribution in [0, 0.1) is 0 Å². The van der Waals surface area contributed by atoms with Crippen molar-refractivity contribution in [3.63, 3.8) is 0 Å². The maximum atomic E-state index is 6.01. The van der Waals surface area contributed by atoms with Crippen molar-refractivity contribution < 1.29 is 4.74 Å². The van der Waals surface area contributed by atoms with Gasteiger partial charge < -0.3 is 10.1 Å². The van der Waals surface area contributed by atoms with Crippen LogP contribution in [-0.2, 0) is 6.42 Å². The molecule has 2 rings (SSSR count). The molecule has 1 N–H and O–H groups in total. The molecule has 1 saturated carbocycles. The molecule has 0 unspecified atom stereocenters. The summed E-state index contributed by atoms with van der Waals surface area (Å²) in [6, 6.07) is 0. The van der Waals surface area contributed by atoms with Gasteiger partial charge in [-0.15, -0.1) is 0 Å². The molecule has 0 amide bonds. The Bertz CT molecular complexity index is 362. The van der Waals surface area contributed by atoms with E-state index in [2.05, 4.69) is 22.2 Å². The van der Waals surface area contributed by atoms with Gasteiger partial charge in [0, 0.05) is 7.05 Å². The molecule has 1 aliphatic rings. The lowest BCUT2D eigenvalue weighted by Gasteiger charge is -2.16. The minimum absolute atomic E-state index is 0.352. The first-order valence-electron chi connectivity index (χ1n) is 6.53. The van der Waals surface area contributed by atoms with Gasteiger partial charge in [-0.05, 0) is 32.1 Å². The number of hydrogen-bond acceptors (Lipinski definition) is 4. The van der Waals surface area contributed by atoms with Gasteiger partial charge in [-0.25, -0.2) is 9.97 Å². The number of nitrogens with one attached hydrogen (secondary N) is 1. The van der Waals surface area contributed by atoms with E-state index in [1.54, 1.807) is 6.33 Å². The Morgan fingerprint density at radius 2 is 2.12 bits per heavy atom. The first-order valence-corrected chi connectivity index (χ1v) is 6.53. The molecule has 0 atom stereocenters. The largest absolute Gasteiger partial charge is 0.474 e. The normalized spacial score (nSPS) is 16.1. The Morgan fingerprint density at radius 1 is 1.35 bits per heavy atom. The highest BCUT2D eigenvalue weighted by Gasteiger charge is 2.20. The second-order valence-electron chi connectivity index (χ2n) is 4.53. The fraction of sp³-hybridized carbons (Fsp3) is 0.692. The molecule has 0 saturated heterocycles. The van der Waals surface area contributed by atoms with Crippen LogP contribution in [0.15, 0.2) is 6.33 Å². The standard InChI is InChI=1S/C13H21N3O/c1-3-6-11-12(14-2)15-9-16-13(11)17-10-7-4-5-8-10/h9-10H,3-8H2,1-2H3,(H,14,15,16). The van der Waals surface area contributed by atoms with Gasteiger partial charge in [0.2, 0.25) is 5.88 Å². The zero-order chi connectivity index (χ0) is 12.1. The second-order valence-corrected chi connectivity index (χ2v) is 4.53. The van der Waals surface area contributed by atoms with Gasteiger partial charge in [-0.2, -0.15) is 0 Å². The van der Waals surface area contributed by atoms with Crippen LogP contribution in [0.1, 0.15) is 44.6 Å². The van der Waals surface area contributed by atoms with E-state index in [1.165, 1.54) is 12.8 Å². The molecule has 94 valence electrons. The number of nitrogens with zero attached hydrogens (tertiary/aromatic N) is 2.